The van der Waals surface area contributed by atoms with Crippen LogP contribution in [0.2, 0.25) is 0 Å². The second-order valence-electron chi connectivity index (χ2n) is 12.8. The minimum Gasteiger partial charge on any atom is -0.308 e. The minimum atomic E-state index is -0.477. The van der Waals surface area contributed by atoms with Crippen molar-refractivity contribution in [2.45, 2.75) is 0 Å². The van der Waals surface area contributed by atoms with Gasteiger partial charge in [0.15, 0.2) is 17.5 Å². The molecule has 10 aromatic rings. The third-order valence-electron chi connectivity index (χ3n) is 9.92. The molecule has 0 unspecified atom stereocenters. The fraction of sp³-hybridized carbons (Fsp3) is 0. The summed E-state index contributed by atoms with van der Waals surface area (Å²) in [5.41, 5.74) is 6.44. The van der Waals surface area contributed by atoms with Crippen LogP contribution in [0.4, 0.5) is 17.1 Å². The zero-order chi connectivity index (χ0) is 38.5. The molecule has 0 radical (unpaired) electrons. The van der Waals surface area contributed by atoms with Crippen LogP contribution in [0.3, 0.4) is 0 Å². The van der Waals surface area contributed by atoms with E-state index < -0.39 is 18.1 Å². The first kappa shape index (κ1) is 24.5. The summed E-state index contributed by atoms with van der Waals surface area (Å²) in [6.45, 7) is 0. The molecule has 0 bridgehead atoms. The number of nitrogens with zero attached hydrogens (tertiary/aromatic N) is 4. The van der Waals surface area contributed by atoms with E-state index in [-0.39, 0.29) is 23.5 Å². The molecular weight excluding hydrogens is 653 g/mol. The number of thiophene rings is 1. The second-order valence-corrected chi connectivity index (χ2v) is 13.9. The number of benzene rings is 8. The fourth-order valence-electron chi connectivity index (χ4n) is 7.66. The number of rotatable bonds is 4. The first-order valence-electron chi connectivity index (χ1n) is 19.5. The molecule has 0 atom stereocenters. The molecule has 4 nitrogen and oxygen atoms in total. The first-order valence-corrected chi connectivity index (χ1v) is 17.9. The lowest BCUT2D eigenvalue weighted by molar-refractivity contribution is 1.07. The molecule has 2 aromatic heterocycles. The van der Waals surface area contributed by atoms with Crippen LogP contribution < -0.4 is 4.90 Å². The van der Waals surface area contributed by atoms with E-state index in [2.05, 4.69) is 108 Å². The van der Waals surface area contributed by atoms with Crippen molar-refractivity contribution in [1.82, 2.24) is 15.0 Å². The number of hydrogen-bond acceptors (Lipinski definition) is 5. The number of fused-ring (bicyclic) bond motifs is 7. The van der Waals surface area contributed by atoms with Gasteiger partial charge in [-0.25, -0.2) is 15.0 Å². The molecule has 0 aliphatic carbocycles. The van der Waals surface area contributed by atoms with Crippen LogP contribution in [0.1, 0.15) is 6.85 Å². The van der Waals surface area contributed by atoms with E-state index in [1.54, 1.807) is 11.3 Å². The topological polar surface area (TPSA) is 41.9 Å². The summed E-state index contributed by atoms with van der Waals surface area (Å²) in [6.07, 6.45) is 0. The highest BCUT2D eigenvalue weighted by Gasteiger charge is 2.29. The second kappa shape index (κ2) is 11.4. The Hall–Kier alpha value is -6.69. The number of anilines is 3. The fourth-order valence-corrected chi connectivity index (χ4v) is 8.80. The van der Waals surface area contributed by atoms with E-state index in [4.69, 9.17) is 21.8 Å². The zero-order valence-electron chi connectivity index (χ0n) is 32.5. The van der Waals surface area contributed by atoms with Gasteiger partial charge in [0.2, 0.25) is 0 Å². The molecule has 0 saturated carbocycles. The van der Waals surface area contributed by atoms with Crippen molar-refractivity contribution in [2.75, 3.05) is 4.90 Å². The van der Waals surface area contributed by atoms with Gasteiger partial charge in [0.1, 0.15) is 0 Å². The third kappa shape index (κ3) is 4.43. The Morgan fingerprint density at radius 1 is 0.462 bits per heavy atom. The predicted octanol–water partition coefficient (Wildman–Crippen LogP) is 13.0. The van der Waals surface area contributed by atoms with Crippen molar-refractivity contribution >= 4 is 70.1 Å². The highest BCUT2D eigenvalue weighted by molar-refractivity contribution is 7.25. The SMILES string of the molecule is [2H]c1c([2H])c([2H])c(-c2nc(-c3ccc4c(c3)sc3ccccc34)nc(-c3ccccc3N3c4ccc5ccccc5c4-c4cccc5cccc3c45)n2)c([2H])c1[2H]. The van der Waals surface area contributed by atoms with Crippen molar-refractivity contribution in [3.8, 4) is 45.3 Å². The van der Waals surface area contributed by atoms with Gasteiger partial charge in [-0.1, -0.05) is 133 Å². The number of aromatic nitrogens is 3. The molecular formula is C47H28N4S. The molecule has 8 aromatic carbocycles. The Balaban J connectivity index is 1.19. The molecule has 5 heteroatoms. The van der Waals surface area contributed by atoms with Gasteiger partial charge in [0.05, 0.1) is 23.9 Å². The molecule has 11 rings (SSSR count). The molecule has 0 fully saturated rings. The summed E-state index contributed by atoms with van der Waals surface area (Å²) in [5, 5.41) is 6.82. The first-order chi connectivity index (χ1) is 27.9. The van der Waals surface area contributed by atoms with Crippen LogP contribution in [-0.4, -0.2) is 15.0 Å². The van der Waals surface area contributed by atoms with Gasteiger partial charge < -0.3 is 4.90 Å². The van der Waals surface area contributed by atoms with Gasteiger partial charge in [0, 0.05) is 47.8 Å². The largest absolute Gasteiger partial charge is 0.308 e. The molecule has 242 valence electrons. The highest BCUT2D eigenvalue weighted by atomic mass is 32.1. The van der Waals surface area contributed by atoms with Gasteiger partial charge in [-0.3, -0.25) is 0 Å². The lowest BCUT2D eigenvalue weighted by Crippen LogP contribution is -2.16. The van der Waals surface area contributed by atoms with Gasteiger partial charge in [-0.2, -0.15) is 0 Å². The van der Waals surface area contributed by atoms with Crippen molar-refractivity contribution in [3.63, 3.8) is 0 Å². The minimum absolute atomic E-state index is 0.00396. The van der Waals surface area contributed by atoms with Gasteiger partial charge in [-0.15, -0.1) is 11.3 Å². The Morgan fingerprint density at radius 2 is 1.13 bits per heavy atom. The molecule has 0 amide bonds. The Bertz CT molecular complexity index is 3310. The molecule has 0 saturated heterocycles. The van der Waals surface area contributed by atoms with Crippen LogP contribution in [0.25, 0.3) is 87.0 Å². The van der Waals surface area contributed by atoms with Crippen LogP contribution in [0.15, 0.2) is 170 Å². The smallest absolute Gasteiger partial charge is 0.166 e. The van der Waals surface area contributed by atoms with Crippen molar-refractivity contribution in [2.24, 2.45) is 0 Å². The van der Waals surface area contributed by atoms with Crippen molar-refractivity contribution in [3.05, 3.63) is 170 Å². The quantitative estimate of drug-likeness (QED) is 0.185. The summed E-state index contributed by atoms with van der Waals surface area (Å²) >= 11 is 1.68. The Labute approximate surface area is 311 Å². The molecule has 0 spiro atoms. The van der Waals surface area contributed by atoms with E-state index in [9.17, 15) is 0 Å². The van der Waals surface area contributed by atoms with E-state index >= 15 is 0 Å². The molecule has 1 aliphatic heterocycles. The van der Waals surface area contributed by atoms with Crippen LogP contribution >= 0.6 is 11.3 Å². The van der Waals surface area contributed by atoms with Crippen molar-refractivity contribution in [1.29, 1.82) is 0 Å². The monoisotopic (exact) mass is 685 g/mol. The van der Waals surface area contributed by atoms with E-state index in [1.807, 2.05) is 36.4 Å². The Morgan fingerprint density at radius 3 is 2.04 bits per heavy atom. The van der Waals surface area contributed by atoms with Crippen LogP contribution in [0, 0.1) is 0 Å². The summed E-state index contributed by atoms with van der Waals surface area (Å²) in [6, 6.07) is 45.8. The lowest BCUT2D eigenvalue weighted by Gasteiger charge is -2.35. The van der Waals surface area contributed by atoms with Gasteiger partial charge in [-0.05, 0) is 58.1 Å². The summed E-state index contributed by atoms with van der Waals surface area (Å²) < 4.78 is 45.3. The maximum absolute atomic E-state index is 8.90. The standard InChI is InChI=1S/C47H28N4S/c1-2-13-31(14-3-1)45-48-46(32-24-26-35-34-18-7-9-23-41(34)52-42(35)28-32)50-47(49-45)36-19-6-8-21-38(36)51-39-22-11-16-30-15-10-20-37(43(30)39)44-33-17-5-4-12-29(33)25-27-40(44)51/h1-28H/i1D,2D,3D,13D,14D. The normalized spacial score (nSPS) is 13.5. The lowest BCUT2D eigenvalue weighted by atomic mass is 9.87. The summed E-state index contributed by atoms with van der Waals surface area (Å²) in [4.78, 5) is 17.2. The average molecular weight is 686 g/mol. The van der Waals surface area contributed by atoms with E-state index in [0.717, 1.165) is 65.4 Å². The molecule has 3 heterocycles. The predicted molar refractivity (Wildman–Crippen MR) is 218 cm³/mol. The summed E-state index contributed by atoms with van der Waals surface area (Å²) in [5.74, 6) is 0.631. The number of hydrogen-bond donors (Lipinski definition) is 0. The van der Waals surface area contributed by atoms with Gasteiger partial charge >= 0.3 is 0 Å². The van der Waals surface area contributed by atoms with E-state index in [1.165, 1.54) is 10.1 Å². The highest BCUT2D eigenvalue weighted by Crippen LogP contribution is 2.54. The maximum Gasteiger partial charge on any atom is 0.166 e. The van der Waals surface area contributed by atoms with Gasteiger partial charge in [0.25, 0.3) is 0 Å². The van der Waals surface area contributed by atoms with E-state index in [0.29, 0.717) is 17.2 Å². The summed E-state index contributed by atoms with van der Waals surface area (Å²) in [7, 11) is 0. The van der Waals surface area contributed by atoms with Crippen LogP contribution in [0.5, 0.6) is 0 Å². The zero-order valence-corrected chi connectivity index (χ0v) is 28.3. The maximum atomic E-state index is 8.90. The number of para-hydroxylation sites is 1. The van der Waals surface area contributed by atoms with Crippen molar-refractivity contribution < 1.29 is 6.85 Å². The molecule has 52 heavy (non-hydrogen) atoms. The molecule has 1 aliphatic rings. The average Bonchev–Trinajstić information content (AvgIpc) is 3.63. The van der Waals surface area contributed by atoms with Crippen LogP contribution in [-0.2, 0) is 0 Å². The Kier molecular flexibility index (Phi) is 5.37. The third-order valence-corrected chi connectivity index (χ3v) is 11.1. The molecule has 0 N–H and O–H groups in total.